The molecule has 1 aromatic rings. The van der Waals surface area contributed by atoms with E-state index in [1.807, 2.05) is 4.90 Å². The molecule has 0 unspecified atom stereocenters. The summed E-state index contributed by atoms with van der Waals surface area (Å²) in [4.78, 5) is 27.8. The van der Waals surface area contributed by atoms with Crippen LogP contribution in [0, 0.1) is 0 Å². The Morgan fingerprint density at radius 3 is 3.00 bits per heavy atom. The molecule has 17 heavy (non-hydrogen) atoms. The lowest BCUT2D eigenvalue weighted by Crippen LogP contribution is -2.40. The van der Waals surface area contributed by atoms with Gasteiger partial charge in [-0.05, 0) is 18.6 Å². The number of aromatic nitrogens is 1. The number of aromatic amines is 1. The van der Waals surface area contributed by atoms with Crippen molar-refractivity contribution in [1.29, 1.82) is 0 Å². The number of carbonyl (C=O) groups excluding carboxylic acids is 2. The van der Waals surface area contributed by atoms with Crippen molar-refractivity contribution in [2.45, 2.75) is 12.5 Å². The Hall–Kier alpha value is -1.66. The van der Waals surface area contributed by atoms with Gasteiger partial charge in [-0.2, -0.15) is 0 Å². The van der Waals surface area contributed by atoms with Crippen molar-refractivity contribution < 1.29 is 9.59 Å². The molecule has 0 aliphatic carbocycles. The van der Waals surface area contributed by atoms with E-state index in [0.29, 0.717) is 12.2 Å². The molecule has 1 fully saturated rings. The van der Waals surface area contributed by atoms with E-state index in [4.69, 9.17) is 5.73 Å². The van der Waals surface area contributed by atoms with Crippen molar-refractivity contribution in [2.75, 3.05) is 19.6 Å². The van der Waals surface area contributed by atoms with Crippen LogP contribution in [0.5, 0.6) is 0 Å². The second kappa shape index (κ2) is 5.11. The third-order valence-corrected chi connectivity index (χ3v) is 2.77. The Kier molecular flexibility index (Phi) is 3.55. The molecule has 1 aromatic heterocycles. The van der Waals surface area contributed by atoms with E-state index in [9.17, 15) is 9.59 Å². The highest BCUT2D eigenvalue weighted by Crippen LogP contribution is 2.05. The maximum absolute atomic E-state index is 11.6. The molecule has 1 aliphatic rings. The van der Waals surface area contributed by atoms with Crippen molar-refractivity contribution in [3.63, 3.8) is 0 Å². The van der Waals surface area contributed by atoms with Gasteiger partial charge >= 0.3 is 0 Å². The van der Waals surface area contributed by atoms with Crippen LogP contribution in [0.1, 0.15) is 16.9 Å². The van der Waals surface area contributed by atoms with E-state index in [1.165, 1.54) is 0 Å². The molecule has 0 saturated carbocycles. The van der Waals surface area contributed by atoms with Gasteiger partial charge < -0.3 is 10.7 Å². The van der Waals surface area contributed by atoms with Gasteiger partial charge in [-0.3, -0.25) is 19.8 Å². The van der Waals surface area contributed by atoms with E-state index in [-0.39, 0.29) is 18.5 Å². The van der Waals surface area contributed by atoms with E-state index in [0.717, 1.165) is 13.0 Å². The lowest BCUT2D eigenvalue weighted by atomic mass is 10.3. The number of hydrogen-bond acceptors (Lipinski definition) is 4. The van der Waals surface area contributed by atoms with Gasteiger partial charge in [-0.25, -0.2) is 0 Å². The number of rotatable bonds is 3. The first kappa shape index (κ1) is 11.8. The Morgan fingerprint density at radius 1 is 1.59 bits per heavy atom. The molecule has 2 amide bonds. The molecule has 2 heterocycles. The molecule has 1 atom stereocenters. The number of imide groups is 1. The topological polar surface area (TPSA) is 91.2 Å². The number of hydrogen-bond donors (Lipinski definition) is 3. The van der Waals surface area contributed by atoms with Crippen LogP contribution in [-0.4, -0.2) is 47.4 Å². The SMILES string of the molecule is N[C@@H]1CCN(CC(=O)NC(=O)c2ccc[nH]2)C1. The number of amides is 2. The minimum absolute atomic E-state index is 0.141. The molecular formula is C11H16N4O2. The van der Waals surface area contributed by atoms with Crippen LogP contribution in [0.25, 0.3) is 0 Å². The fourth-order valence-corrected chi connectivity index (χ4v) is 1.91. The van der Waals surface area contributed by atoms with Gasteiger partial charge in [0.1, 0.15) is 5.69 Å². The van der Waals surface area contributed by atoms with Crippen molar-refractivity contribution >= 4 is 11.8 Å². The summed E-state index contributed by atoms with van der Waals surface area (Å²) in [5.74, 6) is -0.692. The summed E-state index contributed by atoms with van der Waals surface area (Å²) in [5, 5.41) is 2.33. The van der Waals surface area contributed by atoms with Crippen molar-refractivity contribution in [1.82, 2.24) is 15.2 Å². The maximum atomic E-state index is 11.6. The number of likely N-dealkylation sites (tertiary alicyclic amines) is 1. The van der Waals surface area contributed by atoms with Crippen LogP contribution in [0.3, 0.4) is 0 Å². The smallest absolute Gasteiger partial charge is 0.274 e. The Morgan fingerprint density at radius 2 is 2.41 bits per heavy atom. The van der Waals surface area contributed by atoms with Crippen LogP contribution >= 0.6 is 0 Å². The molecule has 92 valence electrons. The summed E-state index contributed by atoms with van der Waals surface area (Å²) in [5.41, 5.74) is 6.12. The van der Waals surface area contributed by atoms with Crippen molar-refractivity contribution in [2.24, 2.45) is 5.73 Å². The Balaban J connectivity index is 1.79. The Bertz CT molecular complexity index is 402. The second-order valence-electron chi connectivity index (χ2n) is 4.24. The zero-order valence-corrected chi connectivity index (χ0v) is 9.48. The molecule has 0 radical (unpaired) electrons. The number of nitrogens with one attached hydrogen (secondary N) is 2. The fourth-order valence-electron chi connectivity index (χ4n) is 1.91. The summed E-state index contributed by atoms with van der Waals surface area (Å²) in [6.45, 7) is 1.75. The molecule has 2 rings (SSSR count). The molecule has 6 nitrogen and oxygen atoms in total. The summed E-state index contributed by atoms with van der Waals surface area (Å²) < 4.78 is 0. The summed E-state index contributed by atoms with van der Waals surface area (Å²) >= 11 is 0. The minimum Gasteiger partial charge on any atom is -0.357 e. The molecule has 6 heteroatoms. The van der Waals surface area contributed by atoms with E-state index in [2.05, 4.69) is 10.3 Å². The number of H-pyrrole nitrogens is 1. The average molecular weight is 236 g/mol. The van der Waals surface area contributed by atoms with Crippen molar-refractivity contribution in [3.05, 3.63) is 24.0 Å². The maximum Gasteiger partial charge on any atom is 0.274 e. The monoisotopic (exact) mass is 236 g/mol. The van der Waals surface area contributed by atoms with Gasteiger partial charge in [-0.1, -0.05) is 0 Å². The fraction of sp³-hybridized carbons (Fsp3) is 0.455. The molecule has 4 N–H and O–H groups in total. The quantitative estimate of drug-likeness (QED) is 0.647. The lowest BCUT2D eigenvalue weighted by Gasteiger charge is -2.13. The summed E-state index contributed by atoms with van der Waals surface area (Å²) in [6, 6.07) is 3.47. The molecular weight excluding hydrogens is 220 g/mol. The first-order chi connectivity index (χ1) is 8.15. The van der Waals surface area contributed by atoms with Gasteiger partial charge in [0, 0.05) is 25.3 Å². The summed E-state index contributed by atoms with van der Waals surface area (Å²) in [6.07, 6.45) is 2.54. The number of carbonyl (C=O) groups is 2. The first-order valence-corrected chi connectivity index (χ1v) is 5.60. The highest BCUT2D eigenvalue weighted by Gasteiger charge is 2.21. The van der Waals surface area contributed by atoms with Gasteiger partial charge in [0.2, 0.25) is 5.91 Å². The van der Waals surface area contributed by atoms with Crippen LogP contribution < -0.4 is 11.1 Å². The van der Waals surface area contributed by atoms with Crippen LogP contribution in [0.2, 0.25) is 0 Å². The zero-order valence-electron chi connectivity index (χ0n) is 9.48. The Labute approximate surface area is 99.2 Å². The minimum atomic E-state index is -0.400. The number of nitrogens with zero attached hydrogens (tertiary/aromatic N) is 1. The second-order valence-corrected chi connectivity index (χ2v) is 4.24. The lowest BCUT2D eigenvalue weighted by molar-refractivity contribution is -0.121. The number of nitrogens with two attached hydrogens (primary N) is 1. The largest absolute Gasteiger partial charge is 0.357 e. The predicted molar refractivity (Wildman–Crippen MR) is 62.3 cm³/mol. The van der Waals surface area contributed by atoms with Gasteiger partial charge in [0.15, 0.2) is 0 Å². The van der Waals surface area contributed by atoms with E-state index in [1.54, 1.807) is 18.3 Å². The third-order valence-electron chi connectivity index (χ3n) is 2.77. The van der Waals surface area contributed by atoms with Gasteiger partial charge in [0.05, 0.1) is 6.54 Å². The van der Waals surface area contributed by atoms with Gasteiger partial charge in [0.25, 0.3) is 5.91 Å². The van der Waals surface area contributed by atoms with Crippen LogP contribution in [-0.2, 0) is 4.79 Å². The zero-order chi connectivity index (χ0) is 12.3. The average Bonchev–Trinajstić information content (AvgIpc) is 2.89. The van der Waals surface area contributed by atoms with Crippen molar-refractivity contribution in [3.8, 4) is 0 Å². The van der Waals surface area contributed by atoms with E-state index < -0.39 is 5.91 Å². The van der Waals surface area contributed by atoms with Gasteiger partial charge in [-0.15, -0.1) is 0 Å². The summed E-state index contributed by atoms with van der Waals surface area (Å²) in [7, 11) is 0. The highest BCUT2D eigenvalue weighted by molar-refractivity contribution is 6.04. The third kappa shape index (κ3) is 3.15. The first-order valence-electron chi connectivity index (χ1n) is 5.60. The standard InChI is InChI=1S/C11H16N4O2/c12-8-3-5-15(6-8)7-10(16)14-11(17)9-2-1-4-13-9/h1-2,4,8,13H,3,5-7,12H2,(H,14,16,17)/t8-/m1/s1. The normalized spacial score (nSPS) is 20.4. The van der Waals surface area contributed by atoms with Crippen LogP contribution in [0.15, 0.2) is 18.3 Å². The molecule has 0 bridgehead atoms. The molecule has 0 spiro atoms. The molecule has 1 saturated heterocycles. The molecule has 0 aromatic carbocycles. The highest BCUT2D eigenvalue weighted by atomic mass is 16.2. The van der Waals surface area contributed by atoms with Crippen LogP contribution in [0.4, 0.5) is 0 Å². The van der Waals surface area contributed by atoms with E-state index >= 15 is 0 Å². The predicted octanol–water partition coefficient (Wildman–Crippen LogP) is -0.696. The molecule has 1 aliphatic heterocycles.